The first-order valence-corrected chi connectivity index (χ1v) is 11.8. The fraction of sp³-hybridized carbons (Fsp3) is 0.385. The molecule has 2 N–H and O–H groups in total. The third kappa shape index (κ3) is 5.93. The van der Waals surface area contributed by atoms with E-state index in [0.29, 0.717) is 24.8 Å². The van der Waals surface area contributed by atoms with Gasteiger partial charge in [-0.15, -0.1) is 0 Å². The molecule has 3 aromatic heterocycles. The van der Waals surface area contributed by atoms with Crippen molar-refractivity contribution in [1.82, 2.24) is 15.0 Å². The second-order valence-electron chi connectivity index (χ2n) is 8.96. The number of aliphatic imine (C=N–C) groups is 1. The minimum Gasteiger partial charge on any atom is -0.473 e. The molecule has 8 nitrogen and oxygen atoms in total. The van der Waals surface area contributed by atoms with E-state index < -0.39 is 5.92 Å². The number of aromatic nitrogens is 3. The quantitative estimate of drug-likeness (QED) is 0.376. The van der Waals surface area contributed by atoms with Crippen molar-refractivity contribution in [3.63, 3.8) is 0 Å². The fourth-order valence-corrected chi connectivity index (χ4v) is 3.85. The third-order valence-electron chi connectivity index (χ3n) is 5.69. The summed E-state index contributed by atoms with van der Waals surface area (Å²) in [7, 11) is 0. The van der Waals surface area contributed by atoms with Gasteiger partial charge >= 0.3 is 0 Å². The van der Waals surface area contributed by atoms with Crippen LogP contribution in [0.3, 0.4) is 0 Å². The molecule has 10 heteroatoms. The Balaban J connectivity index is 1.70. The highest BCUT2D eigenvalue weighted by molar-refractivity contribution is 5.97. The van der Waals surface area contributed by atoms with E-state index in [0.717, 1.165) is 42.5 Å². The Labute approximate surface area is 209 Å². The molecule has 0 spiro atoms. The van der Waals surface area contributed by atoms with E-state index in [1.54, 1.807) is 12.4 Å². The van der Waals surface area contributed by atoms with Gasteiger partial charge in [-0.1, -0.05) is 0 Å². The van der Waals surface area contributed by atoms with Crippen LogP contribution in [-0.4, -0.2) is 53.2 Å². The Morgan fingerprint density at radius 1 is 1.14 bits per heavy atom. The summed E-state index contributed by atoms with van der Waals surface area (Å²) in [6.07, 6.45) is 4.60. The number of alkyl halides is 2. The molecule has 0 aliphatic carbocycles. The summed E-state index contributed by atoms with van der Waals surface area (Å²) in [6, 6.07) is 6.38. The molecule has 1 saturated heterocycles. The maximum Gasteiger partial charge on any atom is 0.270 e. The molecule has 1 aliphatic heterocycles. The summed E-state index contributed by atoms with van der Waals surface area (Å²) in [5, 5.41) is 0. The van der Waals surface area contributed by atoms with Gasteiger partial charge in [-0.05, 0) is 45.0 Å². The van der Waals surface area contributed by atoms with Gasteiger partial charge in [-0.25, -0.2) is 18.8 Å². The first-order valence-electron chi connectivity index (χ1n) is 11.8. The maximum atomic E-state index is 13.7. The van der Waals surface area contributed by atoms with Crippen LogP contribution >= 0.6 is 0 Å². The van der Waals surface area contributed by atoms with E-state index in [2.05, 4.69) is 24.8 Å². The highest BCUT2D eigenvalue weighted by Crippen LogP contribution is 2.34. The molecule has 0 saturated carbocycles. The summed E-state index contributed by atoms with van der Waals surface area (Å²) >= 11 is 0. The number of ether oxygens (including phenoxy) is 2. The van der Waals surface area contributed by atoms with Gasteiger partial charge in [0.25, 0.3) is 5.92 Å². The second-order valence-corrected chi connectivity index (χ2v) is 8.96. The lowest BCUT2D eigenvalue weighted by Crippen LogP contribution is -2.36. The normalized spacial score (nSPS) is 14.9. The molecule has 4 rings (SSSR count). The minimum atomic E-state index is -3.01. The topological polar surface area (TPSA) is 98.8 Å². The summed E-state index contributed by atoms with van der Waals surface area (Å²) < 4.78 is 38.9. The zero-order valence-corrected chi connectivity index (χ0v) is 20.8. The van der Waals surface area contributed by atoms with Crippen molar-refractivity contribution >= 4 is 17.2 Å². The molecule has 190 valence electrons. The number of hydrogen-bond donors (Lipinski definition) is 1. The van der Waals surface area contributed by atoms with Crippen molar-refractivity contribution in [2.45, 2.75) is 39.7 Å². The second kappa shape index (κ2) is 10.5. The molecule has 36 heavy (non-hydrogen) atoms. The number of morpholine rings is 1. The maximum absolute atomic E-state index is 13.7. The van der Waals surface area contributed by atoms with E-state index in [1.165, 1.54) is 18.3 Å². The van der Waals surface area contributed by atoms with Crippen LogP contribution in [0.5, 0.6) is 5.88 Å². The number of halogens is 2. The average molecular weight is 497 g/mol. The molecule has 1 aliphatic rings. The van der Waals surface area contributed by atoms with Gasteiger partial charge in [0.1, 0.15) is 17.2 Å². The summed E-state index contributed by atoms with van der Waals surface area (Å²) in [5.74, 6) is -2.42. The summed E-state index contributed by atoms with van der Waals surface area (Å²) in [4.78, 5) is 19.8. The van der Waals surface area contributed by atoms with Crippen LogP contribution < -0.4 is 15.4 Å². The van der Waals surface area contributed by atoms with E-state index in [9.17, 15) is 8.78 Å². The van der Waals surface area contributed by atoms with Crippen molar-refractivity contribution in [2.75, 3.05) is 31.2 Å². The molecule has 1 fully saturated rings. The van der Waals surface area contributed by atoms with Gasteiger partial charge in [-0.3, -0.25) is 9.97 Å². The average Bonchev–Trinajstić information content (AvgIpc) is 2.85. The van der Waals surface area contributed by atoms with E-state index in [4.69, 9.17) is 15.2 Å². The van der Waals surface area contributed by atoms with Gasteiger partial charge in [0.05, 0.1) is 31.2 Å². The van der Waals surface area contributed by atoms with Gasteiger partial charge in [0, 0.05) is 54.8 Å². The number of anilines is 1. The van der Waals surface area contributed by atoms with Crippen molar-refractivity contribution in [3.05, 3.63) is 59.8 Å². The highest BCUT2D eigenvalue weighted by Gasteiger charge is 2.25. The summed E-state index contributed by atoms with van der Waals surface area (Å²) in [6.45, 7) is 9.39. The van der Waals surface area contributed by atoms with Crippen LogP contribution in [0.2, 0.25) is 0 Å². The van der Waals surface area contributed by atoms with E-state index in [-0.39, 0.29) is 23.2 Å². The Morgan fingerprint density at radius 3 is 2.58 bits per heavy atom. The van der Waals surface area contributed by atoms with Crippen LogP contribution in [0, 0.1) is 6.92 Å². The van der Waals surface area contributed by atoms with E-state index in [1.807, 2.05) is 32.9 Å². The molecule has 4 heterocycles. The molecule has 0 unspecified atom stereocenters. The van der Waals surface area contributed by atoms with Crippen LogP contribution in [0.25, 0.3) is 11.1 Å². The largest absolute Gasteiger partial charge is 0.473 e. The monoisotopic (exact) mass is 496 g/mol. The molecule has 0 radical (unpaired) electrons. The number of aryl methyl sites for hydroxylation is 1. The lowest BCUT2D eigenvalue weighted by Gasteiger charge is -2.30. The number of nitrogens with zero attached hydrogens (tertiary/aromatic N) is 5. The van der Waals surface area contributed by atoms with Gasteiger partial charge in [0.15, 0.2) is 0 Å². The predicted octanol–water partition coefficient (Wildman–Crippen LogP) is 4.62. The zero-order chi connectivity index (χ0) is 25.9. The van der Waals surface area contributed by atoms with Crippen molar-refractivity contribution < 1.29 is 18.3 Å². The molecule has 0 amide bonds. The highest BCUT2D eigenvalue weighted by atomic mass is 19.3. The lowest BCUT2D eigenvalue weighted by molar-refractivity contribution is 0.0173. The summed E-state index contributed by atoms with van der Waals surface area (Å²) in [5.41, 5.74) is 9.92. The van der Waals surface area contributed by atoms with Gasteiger partial charge < -0.3 is 20.1 Å². The fourth-order valence-electron chi connectivity index (χ4n) is 3.85. The van der Waals surface area contributed by atoms with Crippen molar-refractivity contribution in [1.29, 1.82) is 0 Å². The van der Waals surface area contributed by atoms with Crippen molar-refractivity contribution in [3.8, 4) is 17.0 Å². The first-order chi connectivity index (χ1) is 17.1. The number of amidine groups is 1. The first kappa shape index (κ1) is 25.4. The molecule has 3 aromatic rings. The van der Waals surface area contributed by atoms with Gasteiger partial charge in [-0.2, -0.15) is 0 Å². The molecule has 0 bridgehead atoms. The molecule has 0 aromatic carbocycles. The SMILES string of the molecule is Cc1ncc(N=C(N)c2cc(C(C)(F)F)ccn2)cc1-c1cnc(OC(C)C)c(N2CCOCC2)c1. The zero-order valence-electron chi connectivity index (χ0n) is 20.8. The lowest BCUT2D eigenvalue weighted by atomic mass is 10.0. The molecular formula is C26H30F2N6O2. The van der Waals surface area contributed by atoms with Crippen LogP contribution in [0.15, 0.2) is 47.8 Å². The van der Waals surface area contributed by atoms with E-state index >= 15 is 0 Å². The number of pyridine rings is 3. The standard InChI is InChI=1S/C26H30F2N6O2/c1-16(2)36-25-23(34-7-9-35-10-8-34)11-18(14-32-25)21-13-20(15-31-17(21)3)33-24(29)22-12-19(5-6-30-22)26(4,27)28/h5-6,11-16H,7-10H2,1-4H3,(H2,29,33). The Hall–Kier alpha value is -3.66. The Kier molecular flexibility index (Phi) is 7.44. The van der Waals surface area contributed by atoms with Crippen LogP contribution in [0.4, 0.5) is 20.2 Å². The Bertz CT molecular complexity index is 1250. The molecular weight excluding hydrogens is 466 g/mol. The predicted molar refractivity (Wildman–Crippen MR) is 135 cm³/mol. The third-order valence-corrected chi connectivity index (χ3v) is 5.69. The van der Waals surface area contributed by atoms with Gasteiger partial charge in [0.2, 0.25) is 5.88 Å². The van der Waals surface area contributed by atoms with Crippen LogP contribution in [-0.2, 0) is 10.7 Å². The number of rotatable bonds is 7. The molecule has 0 atom stereocenters. The van der Waals surface area contributed by atoms with Crippen LogP contribution in [0.1, 0.15) is 37.7 Å². The van der Waals surface area contributed by atoms with Crippen molar-refractivity contribution in [2.24, 2.45) is 10.7 Å². The number of nitrogens with two attached hydrogens (primary N) is 1. The Morgan fingerprint density at radius 2 is 1.89 bits per heavy atom. The number of hydrogen-bond acceptors (Lipinski definition) is 7. The minimum absolute atomic E-state index is 0.0190. The smallest absolute Gasteiger partial charge is 0.270 e.